The third-order valence-electron chi connectivity index (χ3n) is 6.22. The molecule has 0 atom stereocenters. The topological polar surface area (TPSA) is 40.6 Å². The molecule has 2 aliphatic rings. The third-order valence-corrected chi connectivity index (χ3v) is 6.46. The predicted molar refractivity (Wildman–Crippen MR) is 127 cm³/mol. The maximum absolute atomic E-state index is 13.8. The first kappa shape index (κ1) is 20.5. The van der Waals surface area contributed by atoms with Crippen LogP contribution in [0, 0.1) is 13.8 Å². The number of anilines is 1. The van der Waals surface area contributed by atoms with Gasteiger partial charge in [-0.15, -0.1) is 0 Å². The van der Waals surface area contributed by atoms with E-state index in [2.05, 4.69) is 17.0 Å². The van der Waals surface area contributed by atoms with Gasteiger partial charge in [0.25, 0.3) is 11.8 Å². The zero-order valence-electron chi connectivity index (χ0n) is 18.1. The molecule has 0 bridgehead atoms. The van der Waals surface area contributed by atoms with Gasteiger partial charge >= 0.3 is 0 Å². The Morgan fingerprint density at radius 3 is 2.38 bits per heavy atom. The van der Waals surface area contributed by atoms with E-state index in [0.717, 1.165) is 23.1 Å². The molecule has 0 aliphatic carbocycles. The summed E-state index contributed by atoms with van der Waals surface area (Å²) in [5.41, 5.74) is 6.79. The summed E-state index contributed by atoms with van der Waals surface area (Å²) in [7, 11) is 0. The molecule has 0 fully saturated rings. The number of halogens is 1. The Morgan fingerprint density at radius 1 is 0.844 bits per heavy atom. The molecule has 0 aromatic heterocycles. The Hall–Kier alpha value is -3.37. The highest BCUT2D eigenvalue weighted by atomic mass is 35.5. The van der Waals surface area contributed by atoms with E-state index in [0.29, 0.717) is 35.1 Å². The zero-order valence-corrected chi connectivity index (χ0v) is 18.8. The molecule has 160 valence electrons. The average molecular weight is 443 g/mol. The Morgan fingerprint density at radius 2 is 1.62 bits per heavy atom. The highest BCUT2D eigenvalue weighted by Gasteiger charge is 2.43. The van der Waals surface area contributed by atoms with Crippen LogP contribution in [0.15, 0.2) is 72.4 Å². The SMILES string of the molecule is Cc1ccc(C2=C(N3CCc4ccccc4C3)C(=O)N(c3cccc(Cl)c3)C2=O)c(C)c1. The van der Waals surface area contributed by atoms with Crippen molar-refractivity contribution in [3.63, 3.8) is 0 Å². The standard InChI is InChI=1S/C27H23ClN2O2/c1-17-10-11-23(18(2)14-17)24-25(29-13-12-19-6-3-4-7-20(19)16-29)27(32)30(26(24)31)22-9-5-8-21(28)15-22/h3-11,14-15H,12-13,16H2,1-2H3. The second kappa shape index (κ2) is 7.95. The molecular formula is C27H23ClN2O2. The second-order valence-electron chi connectivity index (χ2n) is 8.41. The molecule has 2 aliphatic heterocycles. The molecule has 32 heavy (non-hydrogen) atoms. The molecule has 4 nitrogen and oxygen atoms in total. The van der Waals surface area contributed by atoms with Crippen LogP contribution < -0.4 is 4.90 Å². The lowest BCUT2D eigenvalue weighted by Crippen LogP contribution is -2.37. The van der Waals surface area contributed by atoms with Crippen molar-refractivity contribution in [3.8, 4) is 0 Å². The molecule has 3 aromatic carbocycles. The molecule has 5 heteroatoms. The van der Waals surface area contributed by atoms with Crippen LogP contribution in [-0.2, 0) is 22.6 Å². The first-order valence-corrected chi connectivity index (χ1v) is 11.1. The minimum absolute atomic E-state index is 0.299. The third kappa shape index (κ3) is 3.41. The van der Waals surface area contributed by atoms with Crippen LogP contribution in [0.4, 0.5) is 5.69 Å². The molecule has 2 amide bonds. The molecular weight excluding hydrogens is 420 g/mol. The minimum Gasteiger partial charge on any atom is -0.362 e. The molecule has 0 radical (unpaired) electrons. The molecule has 0 saturated carbocycles. The first-order chi connectivity index (χ1) is 15.4. The highest BCUT2D eigenvalue weighted by molar-refractivity contribution is 6.45. The van der Waals surface area contributed by atoms with E-state index in [1.807, 2.05) is 44.2 Å². The predicted octanol–water partition coefficient (Wildman–Crippen LogP) is 5.30. The number of fused-ring (bicyclic) bond motifs is 1. The average Bonchev–Trinajstić information content (AvgIpc) is 3.03. The fourth-order valence-corrected chi connectivity index (χ4v) is 4.87. The van der Waals surface area contributed by atoms with E-state index in [9.17, 15) is 9.59 Å². The van der Waals surface area contributed by atoms with E-state index in [1.54, 1.807) is 24.3 Å². The van der Waals surface area contributed by atoms with Crippen molar-refractivity contribution >= 4 is 34.7 Å². The lowest BCUT2D eigenvalue weighted by molar-refractivity contribution is -0.120. The second-order valence-corrected chi connectivity index (χ2v) is 8.84. The van der Waals surface area contributed by atoms with Crippen molar-refractivity contribution < 1.29 is 9.59 Å². The van der Waals surface area contributed by atoms with Crippen LogP contribution >= 0.6 is 11.6 Å². The number of amides is 2. The summed E-state index contributed by atoms with van der Waals surface area (Å²) in [4.78, 5) is 30.8. The van der Waals surface area contributed by atoms with Crippen molar-refractivity contribution in [1.82, 2.24) is 4.90 Å². The normalized spacial score (nSPS) is 16.1. The van der Waals surface area contributed by atoms with Gasteiger partial charge in [0.1, 0.15) is 5.70 Å². The number of aryl methyl sites for hydroxylation is 2. The Labute approximate surface area is 192 Å². The largest absolute Gasteiger partial charge is 0.362 e. The van der Waals surface area contributed by atoms with Crippen molar-refractivity contribution in [2.24, 2.45) is 0 Å². The van der Waals surface area contributed by atoms with E-state index in [4.69, 9.17) is 11.6 Å². The number of benzene rings is 3. The van der Waals surface area contributed by atoms with Crippen molar-refractivity contribution in [2.75, 3.05) is 11.4 Å². The van der Waals surface area contributed by atoms with Crippen molar-refractivity contribution in [3.05, 3.63) is 105 Å². The summed E-state index contributed by atoms with van der Waals surface area (Å²) in [6, 6.07) is 21.2. The van der Waals surface area contributed by atoms with Crippen LogP contribution in [0.25, 0.3) is 5.57 Å². The molecule has 2 heterocycles. The summed E-state index contributed by atoms with van der Waals surface area (Å²) in [6.07, 6.45) is 0.832. The van der Waals surface area contributed by atoms with Gasteiger partial charge in [0.05, 0.1) is 11.3 Å². The number of carbonyl (C=O) groups excluding carboxylic acids is 2. The Balaban J connectivity index is 1.66. The van der Waals surface area contributed by atoms with Gasteiger partial charge in [0, 0.05) is 18.1 Å². The molecule has 5 rings (SSSR count). The maximum atomic E-state index is 13.8. The first-order valence-electron chi connectivity index (χ1n) is 10.7. The Bertz CT molecular complexity index is 1290. The van der Waals surface area contributed by atoms with Gasteiger partial charge in [0.15, 0.2) is 0 Å². The summed E-state index contributed by atoms with van der Waals surface area (Å²) in [5, 5.41) is 0.483. The summed E-state index contributed by atoms with van der Waals surface area (Å²) in [6.45, 7) is 5.29. The van der Waals surface area contributed by atoms with Gasteiger partial charge < -0.3 is 4.90 Å². The van der Waals surface area contributed by atoms with Crippen molar-refractivity contribution in [1.29, 1.82) is 0 Å². The van der Waals surface area contributed by atoms with Crippen molar-refractivity contribution in [2.45, 2.75) is 26.8 Å². The van der Waals surface area contributed by atoms with Gasteiger partial charge in [-0.3, -0.25) is 9.59 Å². The highest BCUT2D eigenvalue weighted by Crippen LogP contribution is 2.38. The van der Waals surface area contributed by atoms with Gasteiger partial charge in [0.2, 0.25) is 0 Å². The van der Waals surface area contributed by atoms with E-state index in [-0.39, 0.29) is 11.8 Å². The summed E-state index contributed by atoms with van der Waals surface area (Å²) in [5.74, 6) is -0.607. The van der Waals surface area contributed by atoms with Crippen LogP contribution in [0.3, 0.4) is 0 Å². The minimum atomic E-state index is -0.307. The summed E-state index contributed by atoms with van der Waals surface area (Å²) >= 11 is 6.18. The van der Waals surface area contributed by atoms with E-state index >= 15 is 0 Å². The molecule has 0 unspecified atom stereocenters. The van der Waals surface area contributed by atoms with Gasteiger partial charge in [-0.2, -0.15) is 0 Å². The van der Waals surface area contributed by atoms with Crippen LogP contribution in [0.5, 0.6) is 0 Å². The number of hydrogen-bond acceptors (Lipinski definition) is 3. The quantitative estimate of drug-likeness (QED) is 0.517. The number of carbonyl (C=O) groups is 2. The number of hydrogen-bond donors (Lipinski definition) is 0. The van der Waals surface area contributed by atoms with E-state index in [1.165, 1.54) is 16.0 Å². The van der Waals surface area contributed by atoms with Gasteiger partial charge in [-0.1, -0.05) is 65.7 Å². The zero-order chi connectivity index (χ0) is 22.4. The number of nitrogens with zero attached hydrogens (tertiary/aromatic N) is 2. The van der Waals surface area contributed by atoms with Crippen LogP contribution in [0.1, 0.15) is 27.8 Å². The molecule has 3 aromatic rings. The van der Waals surface area contributed by atoms with Gasteiger partial charge in [-0.05, 0) is 60.7 Å². The smallest absolute Gasteiger partial charge is 0.282 e. The maximum Gasteiger partial charge on any atom is 0.282 e. The monoisotopic (exact) mass is 442 g/mol. The number of imide groups is 1. The van der Waals surface area contributed by atoms with Crippen LogP contribution in [0.2, 0.25) is 5.02 Å². The van der Waals surface area contributed by atoms with E-state index < -0.39 is 0 Å². The molecule has 0 saturated heterocycles. The van der Waals surface area contributed by atoms with Crippen LogP contribution in [-0.4, -0.2) is 23.3 Å². The lowest BCUT2D eigenvalue weighted by atomic mass is 9.95. The number of rotatable bonds is 3. The fraction of sp³-hybridized carbons (Fsp3) is 0.185. The molecule has 0 spiro atoms. The fourth-order valence-electron chi connectivity index (χ4n) is 4.68. The lowest BCUT2D eigenvalue weighted by Gasteiger charge is -2.31. The molecule has 0 N–H and O–H groups in total. The Kier molecular flexibility index (Phi) is 5.10. The van der Waals surface area contributed by atoms with Gasteiger partial charge in [-0.25, -0.2) is 4.90 Å². The summed E-state index contributed by atoms with van der Waals surface area (Å²) < 4.78 is 0.